The first kappa shape index (κ1) is 17.3. The minimum absolute atomic E-state index is 0.0329. The van der Waals surface area contributed by atoms with Crippen LogP contribution in [0.5, 0.6) is 0 Å². The van der Waals surface area contributed by atoms with E-state index in [0.29, 0.717) is 5.82 Å². The lowest BCUT2D eigenvalue weighted by Gasteiger charge is -2.20. The van der Waals surface area contributed by atoms with E-state index < -0.39 is 5.41 Å². The van der Waals surface area contributed by atoms with Gasteiger partial charge in [-0.2, -0.15) is 0 Å². The van der Waals surface area contributed by atoms with Gasteiger partial charge in [-0.15, -0.1) is 0 Å². The molecule has 0 unspecified atom stereocenters. The number of pyridine rings is 1. The van der Waals surface area contributed by atoms with Crippen molar-refractivity contribution in [1.82, 2.24) is 15.0 Å². The summed E-state index contributed by atoms with van der Waals surface area (Å²) in [5.41, 5.74) is 5.40. The fraction of sp³-hybridized carbons (Fsp3) is 0.273. The molecule has 0 atom stereocenters. The maximum absolute atomic E-state index is 13.2. The van der Waals surface area contributed by atoms with Gasteiger partial charge in [-0.25, -0.2) is 15.0 Å². The molecule has 3 heterocycles. The number of anilines is 2. The van der Waals surface area contributed by atoms with Gasteiger partial charge in [0.25, 0.3) is 0 Å². The lowest BCUT2D eigenvalue weighted by atomic mass is 9.85. The first-order chi connectivity index (χ1) is 12.8. The molecule has 0 aliphatic carbocycles. The third kappa shape index (κ3) is 2.70. The molecule has 1 aliphatic heterocycles. The molecule has 27 heavy (non-hydrogen) atoms. The number of benzene rings is 1. The summed E-state index contributed by atoms with van der Waals surface area (Å²) in [5, 5.41) is 0. The van der Waals surface area contributed by atoms with Gasteiger partial charge in [0, 0.05) is 24.2 Å². The van der Waals surface area contributed by atoms with E-state index in [0.717, 1.165) is 39.3 Å². The van der Waals surface area contributed by atoms with Gasteiger partial charge < -0.3 is 0 Å². The molecule has 1 aliphatic rings. The van der Waals surface area contributed by atoms with E-state index in [-0.39, 0.29) is 5.91 Å². The van der Waals surface area contributed by atoms with Crippen molar-refractivity contribution in [3.8, 4) is 11.1 Å². The molecule has 3 aromatic rings. The maximum atomic E-state index is 13.2. The SMILES string of the molecule is Cc1ncc(-c2ccc3c(c2)N(c2cc(C)c(C)cn2)C(=O)C3(C)C)cn1. The molecule has 2 aromatic heterocycles. The average molecular weight is 358 g/mol. The summed E-state index contributed by atoms with van der Waals surface area (Å²) < 4.78 is 0. The predicted molar refractivity (Wildman–Crippen MR) is 106 cm³/mol. The Hall–Kier alpha value is -3.08. The summed E-state index contributed by atoms with van der Waals surface area (Å²) in [6.45, 7) is 9.84. The third-order valence-electron chi connectivity index (χ3n) is 5.35. The summed E-state index contributed by atoms with van der Waals surface area (Å²) in [6.07, 6.45) is 5.44. The number of aryl methyl sites for hydroxylation is 3. The Morgan fingerprint density at radius 2 is 1.56 bits per heavy atom. The van der Waals surface area contributed by atoms with Gasteiger partial charge in [-0.05, 0) is 69.0 Å². The lowest BCUT2D eigenvalue weighted by molar-refractivity contribution is -0.121. The molecule has 5 heteroatoms. The Labute approximate surface area is 159 Å². The van der Waals surface area contributed by atoms with E-state index in [4.69, 9.17) is 0 Å². The Bertz CT molecular complexity index is 1050. The zero-order valence-electron chi connectivity index (χ0n) is 16.2. The zero-order chi connectivity index (χ0) is 19.3. The van der Waals surface area contributed by atoms with Crippen LogP contribution in [0.2, 0.25) is 0 Å². The standard InChI is InChI=1S/C22H22N4O/c1-13-8-20(25-10-14(13)2)26-19-9-16(17-11-23-15(3)24-12-17)6-7-18(19)22(4,5)21(26)27/h6-12H,1-5H3. The predicted octanol–water partition coefficient (Wildman–Crippen LogP) is 4.42. The summed E-state index contributed by atoms with van der Waals surface area (Å²) in [5.74, 6) is 1.43. The first-order valence-electron chi connectivity index (χ1n) is 9.00. The van der Waals surface area contributed by atoms with Crippen LogP contribution in [0.4, 0.5) is 11.5 Å². The summed E-state index contributed by atoms with van der Waals surface area (Å²) >= 11 is 0. The maximum Gasteiger partial charge on any atom is 0.242 e. The molecular weight excluding hydrogens is 336 g/mol. The second kappa shape index (κ2) is 5.98. The zero-order valence-corrected chi connectivity index (χ0v) is 16.2. The second-order valence-electron chi connectivity index (χ2n) is 7.64. The molecule has 136 valence electrons. The quantitative estimate of drug-likeness (QED) is 0.680. The first-order valence-corrected chi connectivity index (χ1v) is 9.00. The van der Waals surface area contributed by atoms with Crippen LogP contribution in [0, 0.1) is 20.8 Å². The summed E-state index contributed by atoms with van der Waals surface area (Å²) in [6, 6.07) is 8.07. The number of aromatic nitrogens is 3. The number of carbonyl (C=O) groups excluding carboxylic acids is 1. The highest BCUT2D eigenvalue weighted by Crippen LogP contribution is 2.46. The average Bonchev–Trinajstić information content (AvgIpc) is 2.84. The third-order valence-corrected chi connectivity index (χ3v) is 5.35. The van der Waals surface area contributed by atoms with Gasteiger partial charge in [-0.1, -0.05) is 12.1 Å². The van der Waals surface area contributed by atoms with Crippen molar-refractivity contribution in [3.05, 3.63) is 65.4 Å². The number of fused-ring (bicyclic) bond motifs is 1. The van der Waals surface area contributed by atoms with E-state index in [2.05, 4.69) is 15.0 Å². The molecule has 4 rings (SSSR count). The van der Waals surface area contributed by atoms with E-state index in [9.17, 15) is 4.79 Å². The summed E-state index contributed by atoms with van der Waals surface area (Å²) in [4.78, 5) is 28.1. The van der Waals surface area contributed by atoms with Crippen LogP contribution in [0.25, 0.3) is 11.1 Å². The minimum Gasteiger partial charge on any atom is -0.273 e. The molecule has 0 radical (unpaired) electrons. The molecule has 0 fully saturated rings. The van der Waals surface area contributed by atoms with Crippen molar-refractivity contribution in [2.75, 3.05) is 4.90 Å². The number of carbonyl (C=O) groups is 1. The topological polar surface area (TPSA) is 59.0 Å². The van der Waals surface area contributed by atoms with Crippen LogP contribution in [-0.2, 0) is 10.2 Å². The molecule has 1 aromatic carbocycles. The highest BCUT2D eigenvalue weighted by Gasteiger charge is 2.45. The highest BCUT2D eigenvalue weighted by atomic mass is 16.2. The van der Waals surface area contributed by atoms with Gasteiger partial charge in [0.2, 0.25) is 5.91 Å². The van der Waals surface area contributed by atoms with Crippen molar-refractivity contribution in [2.24, 2.45) is 0 Å². The molecule has 5 nitrogen and oxygen atoms in total. The van der Waals surface area contributed by atoms with E-state index in [1.54, 1.807) is 4.90 Å². The highest BCUT2D eigenvalue weighted by molar-refractivity contribution is 6.12. The number of hydrogen-bond acceptors (Lipinski definition) is 4. The van der Waals surface area contributed by atoms with Gasteiger partial charge in [0.1, 0.15) is 11.6 Å². The fourth-order valence-electron chi connectivity index (χ4n) is 3.43. The molecule has 0 spiro atoms. The van der Waals surface area contributed by atoms with Gasteiger partial charge in [0.05, 0.1) is 11.1 Å². The summed E-state index contributed by atoms with van der Waals surface area (Å²) in [7, 11) is 0. The van der Waals surface area contributed by atoms with Gasteiger partial charge in [-0.3, -0.25) is 9.69 Å². The van der Waals surface area contributed by atoms with E-state index in [1.807, 2.05) is 77.5 Å². The Kier molecular flexibility index (Phi) is 3.84. The number of nitrogens with zero attached hydrogens (tertiary/aromatic N) is 4. The van der Waals surface area contributed by atoms with Crippen molar-refractivity contribution in [2.45, 2.75) is 40.0 Å². The Morgan fingerprint density at radius 3 is 2.22 bits per heavy atom. The smallest absolute Gasteiger partial charge is 0.242 e. The molecule has 0 N–H and O–H groups in total. The van der Waals surface area contributed by atoms with Crippen molar-refractivity contribution >= 4 is 17.4 Å². The van der Waals surface area contributed by atoms with Crippen LogP contribution < -0.4 is 4.90 Å². The molecule has 1 amide bonds. The van der Waals surface area contributed by atoms with Gasteiger partial charge in [0.15, 0.2) is 0 Å². The Morgan fingerprint density at radius 1 is 0.852 bits per heavy atom. The molecule has 0 saturated carbocycles. The van der Waals surface area contributed by atoms with Crippen LogP contribution in [-0.4, -0.2) is 20.9 Å². The lowest BCUT2D eigenvalue weighted by Crippen LogP contribution is -2.33. The number of amides is 1. The van der Waals surface area contributed by atoms with Crippen LogP contribution in [0.15, 0.2) is 42.9 Å². The van der Waals surface area contributed by atoms with Crippen molar-refractivity contribution < 1.29 is 4.79 Å². The largest absolute Gasteiger partial charge is 0.273 e. The van der Waals surface area contributed by atoms with E-state index >= 15 is 0 Å². The van der Waals surface area contributed by atoms with Crippen LogP contribution in [0.1, 0.15) is 36.4 Å². The molecular formula is C22H22N4O. The van der Waals surface area contributed by atoms with Crippen LogP contribution in [0.3, 0.4) is 0 Å². The van der Waals surface area contributed by atoms with Crippen molar-refractivity contribution in [3.63, 3.8) is 0 Å². The second-order valence-corrected chi connectivity index (χ2v) is 7.64. The van der Waals surface area contributed by atoms with Crippen molar-refractivity contribution in [1.29, 1.82) is 0 Å². The fourth-order valence-corrected chi connectivity index (χ4v) is 3.43. The Balaban J connectivity index is 1.88. The molecule has 0 bridgehead atoms. The number of rotatable bonds is 2. The molecule has 0 saturated heterocycles. The number of hydrogen-bond donors (Lipinski definition) is 0. The minimum atomic E-state index is -0.599. The normalized spacial score (nSPS) is 15.1. The van der Waals surface area contributed by atoms with E-state index in [1.165, 1.54) is 0 Å². The van der Waals surface area contributed by atoms with Crippen LogP contribution >= 0.6 is 0 Å². The monoisotopic (exact) mass is 358 g/mol. The van der Waals surface area contributed by atoms with Gasteiger partial charge >= 0.3 is 0 Å².